The number of carbonyl (C=O) groups is 2. The van der Waals surface area contributed by atoms with Gasteiger partial charge in [-0.1, -0.05) is 0 Å². The van der Waals surface area contributed by atoms with Crippen LogP contribution in [0.4, 0.5) is 4.39 Å². The molecule has 0 aromatic carbocycles. The van der Waals surface area contributed by atoms with Crippen LogP contribution in [0.5, 0.6) is 0 Å². The van der Waals surface area contributed by atoms with Gasteiger partial charge >= 0.3 is 0 Å². The van der Waals surface area contributed by atoms with E-state index in [-0.39, 0.29) is 11.5 Å². The Bertz CT molecular complexity index is 464. The lowest BCUT2D eigenvalue weighted by Crippen LogP contribution is -2.40. The molecule has 1 aromatic rings. The third-order valence-electron chi connectivity index (χ3n) is 2.74. The highest BCUT2D eigenvalue weighted by molar-refractivity contribution is 5.97. The first-order chi connectivity index (χ1) is 8.09. The molecule has 0 spiro atoms. The molecule has 0 bridgehead atoms. The van der Waals surface area contributed by atoms with Gasteiger partial charge in [-0.25, -0.2) is 4.98 Å². The Morgan fingerprint density at radius 2 is 2.41 bits per heavy atom. The number of amides is 2. The van der Waals surface area contributed by atoms with Crippen molar-refractivity contribution in [2.75, 3.05) is 13.6 Å². The van der Waals surface area contributed by atoms with Gasteiger partial charge in [0, 0.05) is 19.8 Å². The van der Waals surface area contributed by atoms with E-state index in [0.717, 1.165) is 0 Å². The zero-order valence-electron chi connectivity index (χ0n) is 9.31. The first-order valence-electron chi connectivity index (χ1n) is 5.26. The van der Waals surface area contributed by atoms with E-state index in [1.807, 2.05) is 0 Å². The van der Waals surface area contributed by atoms with E-state index < -0.39 is 17.9 Å². The highest BCUT2D eigenvalue weighted by atomic mass is 19.1. The van der Waals surface area contributed by atoms with Crippen molar-refractivity contribution in [1.82, 2.24) is 15.2 Å². The number of aromatic nitrogens is 1. The van der Waals surface area contributed by atoms with E-state index in [2.05, 4.69) is 10.3 Å². The Kier molecular flexibility index (Phi) is 3.03. The number of halogens is 1. The van der Waals surface area contributed by atoms with Crippen LogP contribution in [0.2, 0.25) is 0 Å². The number of pyridine rings is 1. The molecule has 6 heteroatoms. The molecule has 17 heavy (non-hydrogen) atoms. The summed E-state index contributed by atoms with van der Waals surface area (Å²) < 4.78 is 13.2. The Balaban J connectivity index is 2.08. The zero-order valence-corrected chi connectivity index (χ0v) is 9.31. The molecule has 1 atom stereocenters. The molecule has 1 aliphatic heterocycles. The molecule has 0 radical (unpaired) electrons. The largest absolute Gasteiger partial charge is 0.344 e. The third-order valence-corrected chi connectivity index (χ3v) is 2.74. The van der Waals surface area contributed by atoms with Crippen LogP contribution in [-0.4, -0.2) is 41.3 Å². The van der Waals surface area contributed by atoms with Gasteiger partial charge in [-0.2, -0.15) is 4.39 Å². The van der Waals surface area contributed by atoms with E-state index in [1.165, 1.54) is 23.2 Å². The van der Waals surface area contributed by atoms with Crippen molar-refractivity contribution in [2.24, 2.45) is 0 Å². The third kappa shape index (κ3) is 2.25. The molecule has 1 fully saturated rings. The van der Waals surface area contributed by atoms with Gasteiger partial charge < -0.3 is 10.2 Å². The highest BCUT2D eigenvalue weighted by Gasteiger charge is 2.30. The van der Waals surface area contributed by atoms with Gasteiger partial charge in [0.1, 0.15) is 6.04 Å². The predicted molar refractivity (Wildman–Crippen MR) is 57.7 cm³/mol. The maximum Gasteiger partial charge on any atom is 0.256 e. The van der Waals surface area contributed by atoms with Crippen LogP contribution in [0.3, 0.4) is 0 Å². The number of hydrogen-bond acceptors (Lipinski definition) is 3. The van der Waals surface area contributed by atoms with Crippen molar-refractivity contribution in [1.29, 1.82) is 0 Å². The second kappa shape index (κ2) is 4.48. The molecule has 1 saturated heterocycles. The van der Waals surface area contributed by atoms with Gasteiger partial charge in [-0.3, -0.25) is 9.59 Å². The first kappa shape index (κ1) is 11.5. The molecule has 5 nitrogen and oxygen atoms in total. The number of rotatable bonds is 2. The van der Waals surface area contributed by atoms with Crippen LogP contribution >= 0.6 is 0 Å². The normalized spacial score (nSPS) is 19.5. The summed E-state index contributed by atoms with van der Waals surface area (Å²) in [5.41, 5.74) is -0.144. The number of hydrogen-bond donors (Lipinski definition) is 1. The minimum Gasteiger partial charge on any atom is -0.344 e. The molecule has 2 heterocycles. The first-order valence-corrected chi connectivity index (χ1v) is 5.26. The summed E-state index contributed by atoms with van der Waals surface area (Å²) in [6.07, 6.45) is 1.81. The second-order valence-electron chi connectivity index (χ2n) is 3.92. The molecular weight excluding hydrogens is 225 g/mol. The molecule has 0 saturated carbocycles. The molecular formula is C11H12FN3O2. The van der Waals surface area contributed by atoms with Crippen LogP contribution in [0.15, 0.2) is 18.3 Å². The van der Waals surface area contributed by atoms with Gasteiger partial charge in [-0.05, 0) is 18.6 Å². The molecule has 1 aliphatic rings. The van der Waals surface area contributed by atoms with Crippen molar-refractivity contribution >= 4 is 11.8 Å². The highest BCUT2D eigenvalue weighted by Crippen LogP contribution is 2.10. The Hall–Kier alpha value is -1.98. The van der Waals surface area contributed by atoms with E-state index in [4.69, 9.17) is 0 Å². The van der Waals surface area contributed by atoms with Crippen molar-refractivity contribution in [3.63, 3.8) is 0 Å². The van der Waals surface area contributed by atoms with Crippen molar-refractivity contribution in [2.45, 2.75) is 12.5 Å². The van der Waals surface area contributed by atoms with E-state index in [1.54, 1.807) is 7.05 Å². The fourth-order valence-corrected chi connectivity index (χ4v) is 1.75. The maximum atomic E-state index is 13.2. The summed E-state index contributed by atoms with van der Waals surface area (Å²) in [5, 5.41) is 2.51. The summed E-state index contributed by atoms with van der Waals surface area (Å²) in [7, 11) is 1.67. The summed E-state index contributed by atoms with van der Waals surface area (Å²) >= 11 is 0. The molecule has 2 rings (SSSR count). The Labute approximate surface area is 97.6 Å². The molecule has 1 unspecified atom stereocenters. The smallest absolute Gasteiger partial charge is 0.256 e. The van der Waals surface area contributed by atoms with E-state index >= 15 is 0 Å². The summed E-state index contributed by atoms with van der Waals surface area (Å²) in [6.45, 7) is 0.597. The number of likely N-dealkylation sites (N-methyl/N-ethyl adjacent to an activating group) is 1. The quantitative estimate of drug-likeness (QED) is 0.746. The number of nitrogens with one attached hydrogen (secondary N) is 1. The van der Waals surface area contributed by atoms with Crippen LogP contribution in [0.25, 0.3) is 0 Å². The Morgan fingerprint density at radius 1 is 1.65 bits per heavy atom. The minimum atomic E-state index is -0.830. The lowest BCUT2D eigenvalue weighted by atomic mass is 10.2. The van der Waals surface area contributed by atoms with E-state index in [0.29, 0.717) is 13.0 Å². The van der Waals surface area contributed by atoms with Crippen LogP contribution in [-0.2, 0) is 4.79 Å². The summed E-state index contributed by atoms with van der Waals surface area (Å²) in [5.74, 6) is -1.59. The maximum absolute atomic E-state index is 13.2. The fraction of sp³-hybridized carbons (Fsp3) is 0.364. The monoisotopic (exact) mass is 237 g/mol. The van der Waals surface area contributed by atoms with Crippen LogP contribution in [0, 0.1) is 5.95 Å². The average Bonchev–Trinajstić information content (AvgIpc) is 2.61. The van der Waals surface area contributed by atoms with Crippen molar-refractivity contribution < 1.29 is 14.0 Å². The minimum absolute atomic E-state index is 0.144. The standard InChI is InChI=1S/C11H12FN3O2/c1-15-6-4-8(11(15)17)14-10(16)7-3-2-5-13-9(7)12/h2-3,5,8H,4,6H2,1H3,(H,14,16). The lowest BCUT2D eigenvalue weighted by Gasteiger charge is -2.12. The SMILES string of the molecule is CN1CCC(NC(=O)c2cccnc2F)C1=O. The number of likely N-dealkylation sites (tertiary alicyclic amines) is 1. The zero-order chi connectivity index (χ0) is 12.4. The second-order valence-corrected chi connectivity index (χ2v) is 3.92. The average molecular weight is 237 g/mol. The van der Waals surface area contributed by atoms with Gasteiger partial charge in [0.05, 0.1) is 5.56 Å². The number of nitrogens with zero attached hydrogens (tertiary/aromatic N) is 2. The molecule has 90 valence electrons. The molecule has 1 N–H and O–H groups in total. The molecule has 0 aliphatic carbocycles. The van der Waals surface area contributed by atoms with Crippen LogP contribution < -0.4 is 5.32 Å². The van der Waals surface area contributed by atoms with Crippen molar-refractivity contribution in [3.05, 3.63) is 29.8 Å². The number of carbonyl (C=O) groups excluding carboxylic acids is 2. The van der Waals surface area contributed by atoms with E-state index in [9.17, 15) is 14.0 Å². The fourth-order valence-electron chi connectivity index (χ4n) is 1.75. The Morgan fingerprint density at radius 3 is 3.00 bits per heavy atom. The predicted octanol–water partition coefficient (Wildman–Crippen LogP) is 0.181. The van der Waals surface area contributed by atoms with Gasteiger partial charge in [0.15, 0.2) is 0 Å². The van der Waals surface area contributed by atoms with Gasteiger partial charge in [0.25, 0.3) is 5.91 Å². The van der Waals surface area contributed by atoms with Gasteiger partial charge in [0.2, 0.25) is 11.9 Å². The lowest BCUT2D eigenvalue weighted by molar-refractivity contribution is -0.128. The topological polar surface area (TPSA) is 62.3 Å². The summed E-state index contributed by atoms with van der Waals surface area (Å²) in [6, 6.07) is 2.24. The van der Waals surface area contributed by atoms with Crippen molar-refractivity contribution in [3.8, 4) is 0 Å². The molecule has 2 amide bonds. The van der Waals surface area contributed by atoms with Gasteiger partial charge in [-0.15, -0.1) is 0 Å². The van der Waals surface area contributed by atoms with Crippen LogP contribution in [0.1, 0.15) is 16.8 Å². The molecule has 1 aromatic heterocycles. The summed E-state index contributed by atoms with van der Waals surface area (Å²) in [4.78, 5) is 28.2.